The van der Waals surface area contributed by atoms with E-state index in [0.717, 1.165) is 17.1 Å². The smallest absolute Gasteiger partial charge is 0.231 e. The molecule has 3 heteroatoms. The van der Waals surface area contributed by atoms with E-state index in [1.807, 2.05) is 18.2 Å². The van der Waals surface area contributed by atoms with Gasteiger partial charge in [0, 0.05) is 0 Å². The highest BCUT2D eigenvalue weighted by atomic mass is 16.7. The minimum Gasteiger partial charge on any atom is -0.454 e. The fourth-order valence-electron chi connectivity index (χ4n) is 3.10. The second kappa shape index (κ2) is 5.73. The Labute approximate surface area is 131 Å². The molecule has 1 aliphatic rings. The Bertz CT molecular complexity index is 736. The zero-order chi connectivity index (χ0) is 15.7. The molecule has 0 aliphatic carbocycles. The van der Waals surface area contributed by atoms with Gasteiger partial charge in [-0.25, -0.2) is 0 Å². The second-order valence-electron chi connectivity index (χ2n) is 5.88. The van der Waals surface area contributed by atoms with Gasteiger partial charge in [0.2, 0.25) is 6.79 Å². The van der Waals surface area contributed by atoms with Crippen LogP contribution in [0.3, 0.4) is 0 Å². The molecule has 3 rings (SSSR count). The topological polar surface area (TPSA) is 42.2 Å². The molecule has 112 valence electrons. The van der Waals surface area contributed by atoms with Gasteiger partial charge < -0.3 is 9.47 Å². The number of nitrogens with zero attached hydrogens (tertiary/aromatic N) is 1. The minimum atomic E-state index is -0.186. The van der Waals surface area contributed by atoms with E-state index in [-0.39, 0.29) is 12.7 Å². The zero-order valence-electron chi connectivity index (χ0n) is 13.1. The van der Waals surface area contributed by atoms with Crippen molar-refractivity contribution in [3.63, 3.8) is 0 Å². The number of hydrogen-bond donors (Lipinski definition) is 0. The van der Waals surface area contributed by atoms with Crippen LogP contribution in [0.25, 0.3) is 0 Å². The van der Waals surface area contributed by atoms with Gasteiger partial charge in [-0.2, -0.15) is 5.26 Å². The quantitative estimate of drug-likeness (QED) is 0.852. The summed E-state index contributed by atoms with van der Waals surface area (Å²) in [6, 6.07) is 12.6. The molecular formula is C19H19NO2. The van der Waals surface area contributed by atoms with Crippen LogP contribution >= 0.6 is 0 Å². The summed E-state index contributed by atoms with van der Waals surface area (Å²) in [5.74, 6) is 1.30. The summed E-state index contributed by atoms with van der Waals surface area (Å²) in [5.41, 5.74) is 5.99. The molecule has 3 nitrogen and oxygen atoms in total. The maximum absolute atomic E-state index is 9.60. The van der Waals surface area contributed by atoms with E-state index in [4.69, 9.17) is 9.47 Å². The van der Waals surface area contributed by atoms with Crippen LogP contribution in [0.2, 0.25) is 0 Å². The lowest BCUT2D eigenvalue weighted by molar-refractivity contribution is 0.174. The van der Waals surface area contributed by atoms with Gasteiger partial charge >= 0.3 is 0 Å². The normalized spacial score (nSPS) is 13.7. The molecule has 2 aromatic rings. The molecule has 1 aliphatic heterocycles. The van der Waals surface area contributed by atoms with Crippen LogP contribution in [-0.4, -0.2) is 6.79 Å². The molecule has 1 heterocycles. The molecule has 2 aromatic carbocycles. The van der Waals surface area contributed by atoms with E-state index in [0.29, 0.717) is 6.42 Å². The fourth-order valence-corrected chi connectivity index (χ4v) is 3.10. The molecule has 1 unspecified atom stereocenters. The lowest BCUT2D eigenvalue weighted by Gasteiger charge is -2.15. The highest BCUT2D eigenvalue weighted by Gasteiger charge is 2.19. The first kappa shape index (κ1) is 14.5. The number of hydrogen-bond acceptors (Lipinski definition) is 3. The van der Waals surface area contributed by atoms with Crippen molar-refractivity contribution >= 4 is 0 Å². The summed E-state index contributed by atoms with van der Waals surface area (Å²) in [6.07, 6.45) is 0.716. The van der Waals surface area contributed by atoms with Crippen LogP contribution < -0.4 is 9.47 Å². The maximum atomic E-state index is 9.60. The first-order valence-corrected chi connectivity index (χ1v) is 7.44. The Balaban J connectivity index is 1.92. The monoisotopic (exact) mass is 293 g/mol. The average molecular weight is 293 g/mol. The molecule has 1 atom stereocenters. The number of fused-ring (bicyclic) bond motifs is 1. The Hall–Kier alpha value is -2.47. The van der Waals surface area contributed by atoms with Gasteiger partial charge in [0.25, 0.3) is 0 Å². The van der Waals surface area contributed by atoms with E-state index in [1.165, 1.54) is 22.3 Å². The van der Waals surface area contributed by atoms with Crippen LogP contribution in [0.1, 0.15) is 33.7 Å². The Morgan fingerprint density at radius 3 is 2.41 bits per heavy atom. The lowest BCUT2D eigenvalue weighted by Crippen LogP contribution is -2.04. The number of benzene rings is 2. The SMILES string of the molecule is Cc1cc(C)c(CC(C#N)c2ccc3c(c2)OCO3)c(C)c1. The van der Waals surface area contributed by atoms with Gasteiger partial charge in [-0.3, -0.25) is 0 Å². The number of rotatable bonds is 3. The van der Waals surface area contributed by atoms with E-state index in [2.05, 4.69) is 39.0 Å². The number of aryl methyl sites for hydroxylation is 3. The van der Waals surface area contributed by atoms with Gasteiger partial charge in [-0.05, 0) is 61.6 Å². The first-order chi connectivity index (χ1) is 10.6. The van der Waals surface area contributed by atoms with E-state index < -0.39 is 0 Å². The largest absolute Gasteiger partial charge is 0.454 e. The predicted molar refractivity (Wildman–Crippen MR) is 85.3 cm³/mol. The number of nitriles is 1. The maximum Gasteiger partial charge on any atom is 0.231 e. The summed E-state index contributed by atoms with van der Waals surface area (Å²) in [5, 5.41) is 9.60. The van der Waals surface area contributed by atoms with Gasteiger partial charge in [0.05, 0.1) is 12.0 Å². The van der Waals surface area contributed by atoms with Crippen molar-refractivity contribution in [2.24, 2.45) is 0 Å². The van der Waals surface area contributed by atoms with Gasteiger partial charge in [-0.15, -0.1) is 0 Å². The molecule has 0 saturated heterocycles. The third-order valence-electron chi connectivity index (χ3n) is 4.20. The summed E-state index contributed by atoms with van der Waals surface area (Å²) in [6.45, 7) is 6.59. The standard InChI is InChI=1S/C19H19NO2/c1-12-6-13(2)17(14(3)7-12)8-16(10-20)15-4-5-18-19(9-15)22-11-21-18/h4-7,9,16H,8,11H2,1-3H3. The fraction of sp³-hybridized carbons (Fsp3) is 0.316. The highest BCUT2D eigenvalue weighted by Crippen LogP contribution is 2.35. The van der Waals surface area contributed by atoms with Crippen LogP contribution in [0, 0.1) is 32.1 Å². The molecule has 22 heavy (non-hydrogen) atoms. The predicted octanol–water partition coefficient (Wildman–Crippen LogP) is 4.19. The minimum absolute atomic E-state index is 0.186. The van der Waals surface area contributed by atoms with E-state index in [9.17, 15) is 5.26 Å². The highest BCUT2D eigenvalue weighted by molar-refractivity contribution is 5.47. The summed E-state index contributed by atoms with van der Waals surface area (Å²) < 4.78 is 10.7. The van der Waals surface area contributed by atoms with Crippen molar-refractivity contribution < 1.29 is 9.47 Å². The Kier molecular flexibility index (Phi) is 3.77. The van der Waals surface area contributed by atoms with Crippen LogP contribution in [0.4, 0.5) is 0 Å². The first-order valence-electron chi connectivity index (χ1n) is 7.44. The Morgan fingerprint density at radius 1 is 1.05 bits per heavy atom. The molecule has 0 aromatic heterocycles. The molecule has 0 spiro atoms. The lowest BCUT2D eigenvalue weighted by atomic mass is 9.88. The molecule has 0 fully saturated rings. The van der Waals surface area contributed by atoms with Gasteiger partial charge in [-0.1, -0.05) is 23.8 Å². The van der Waals surface area contributed by atoms with Crippen molar-refractivity contribution in [1.29, 1.82) is 5.26 Å². The van der Waals surface area contributed by atoms with Crippen LogP contribution in [0.15, 0.2) is 30.3 Å². The van der Waals surface area contributed by atoms with Crippen molar-refractivity contribution in [2.45, 2.75) is 33.1 Å². The van der Waals surface area contributed by atoms with Gasteiger partial charge in [0.1, 0.15) is 0 Å². The summed E-state index contributed by atoms with van der Waals surface area (Å²) >= 11 is 0. The summed E-state index contributed by atoms with van der Waals surface area (Å²) in [4.78, 5) is 0. The Morgan fingerprint density at radius 2 is 1.73 bits per heavy atom. The molecule has 0 radical (unpaired) electrons. The van der Waals surface area contributed by atoms with Gasteiger partial charge in [0.15, 0.2) is 11.5 Å². The van der Waals surface area contributed by atoms with Crippen LogP contribution in [-0.2, 0) is 6.42 Å². The number of ether oxygens (including phenoxy) is 2. The van der Waals surface area contributed by atoms with E-state index >= 15 is 0 Å². The third kappa shape index (κ3) is 2.65. The molecular weight excluding hydrogens is 274 g/mol. The van der Waals surface area contributed by atoms with Crippen molar-refractivity contribution in [2.75, 3.05) is 6.79 Å². The molecule has 0 bridgehead atoms. The molecule has 0 amide bonds. The molecule has 0 N–H and O–H groups in total. The van der Waals surface area contributed by atoms with Crippen molar-refractivity contribution in [3.05, 3.63) is 58.1 Å². The van der Waals surface area contributed by atoms with Crippen molar-refractivity contribution in [3.8, 4) is 17.6 Å². The third-order valence-corrected chi connectivity index (χ3v) is 4.20. The zero-order valence-corrected chi connectivity index (χ0v) is 13.1. The average Bonchev–Trinajstić information content (AvgIpc) is 2.94. The molecule has 0 saturated carbocycles. The van der Waals surface area contributed by atoms with Crippen LogP contribution in [0.5, 0.6) is 11.5 Å². The summed E-state index contributed by atoms with van der Waals surface area (Å²) in [7, 11) is 0. The van der Waals surface area contributed by atoms with E-state index in [1.54, 1.807) is 0 Å². The second-order valence-corrected chi connectivity index (χ2v) is 5.88. The van der Waals surface area contributed by atoms with Crippen molar-refractivity contribution in [1.82, 2.24) is 0 Å².